The second kappa shape index (κ2) is 12.5. The van der Waals surface area contributed by atoms with Gasteiger partial charge in [-0.3, -0.25) is 9.36 Å². The normalized spacial score (nSPS) is 15.1. The largest absolute Gasteiger partial charge is 0.496 e. The average molecular weight is 605 g/mol. The van der Waals surface area contributed by atoms with Gasteiger partial charge in [-0.15, -0.1) is 0 Å². The number of esters is 1. The molecule has 9 heteroatoms. The summed E-state index contributed by atoms with van der Waals surface area (Å²) in [7, 11) is 1.55. The van der Waals surface area contributed by atoms with Gasteiger partial charge in [0, 0.05) is 16.1 Å². The second-order valence-corrected chi connectivity index (χ2v) is 11.6. The van der Waals surface area contributed by atoms with Crippen LogP contribution >= 0.6 is 22.9 Å². The molecule has 7 nitrogen and oxygen atoms in total. The first-order valence-electron chi connectivity index (χ1n) is 14.0. The van der Waals surface area contributed by atoms with E-state index in [4.69, 9.17) is 30.8 Å². The summed E-state index contributed by atoms with van der Waals surface area (Å²) in [6.07, 6.45) is 3.10. The van der Waals surface area contributed by atoms with Crippen LogP contribution in [0.1, 0.15) is 57.7 Å². The third-order valence-electron chi connectivity index (χ3n) is 6.95. The van der Waals surface area contributed by atoms with E-state index in [1.165, 1.54) is 11.3 Å². The number of methoxy groups -OCH3 is 1. The SMILES string of the molecule is CCCC1=C(C(=O)OCC)[C@@H](c2cc(Cl)ccc2OC)n2c(s/c(=C/c3c(OC(C)C)ccc4ccccc34)c2=O)=N1. The quantitative estimate of drug-likeness (QED) is 0.213. The molecule has 0 amide bonds. The van der Waals surface area contributed by atoms with Gasteiger partial charge >= 0.3 is 5.97 Å². The molecule has 0 spiro atoms. The minimum Gasteiger partial charge on any atom is -0.496 e. The van der Waals surface area contributed by atoms with Gasteiger partial charge in [0.2, 0.25) is 0 Å². The van der Waals surface area contributed by atoms with Crippen molar-refractivity contribution in [3.8, 4) is 11.5 Å². The number of hydrogen-bond donors (Lipinski definition) is 0. The van der Waals surface area contributed by atoms with Gasteiger partial charge in [-0.25, -0.2) is 9.79 Å². The monoisotopic (exact) mass is 604 g/mol. The number of fused-ring (bicyclic) bond motifs is 2. The molecule has 0 saturated heterocycles. The first-order chi connectivity index (χ1) is 20.3. The zero-order valence-electron chi connectivity index (χ0n) is 24.3. The highest BCUT2D eigenvalue weighted by Gasteiger charge is 2.36. The second-order valence-electron chi connectivity index (χ2n) is 10.2. The van der Waals surface area contributed by atoms with E-state index in [9.17, 15) is 9.59 Å². The number of thiazole rings is 1. The summed E-state index contributed by atoms with van der Waals surface area (Å²) in [5.74, 6) is 0.661. The molecule has 0 N–H and O–H groups in total. The fraction of sp³-hybridized carbons (Fsp3) is 0.303. The highest BCUT2D eigenvalue weighted by Crippen LogP contribution is 2.38. The first-order valence-corrected chi connectivity index (χ1v) is 15.2. The first kappa shape index (κ1) is 29.6. The molecule has 0 fully saturated rings. The molecule has 0 unspecified atom stereocenters. The van der Waals surface area contributed by atoms with Gasteiger partial charge in [-0.05, 0) is 68.3 Å². The average Bonchev–Trinajstić information content (AvgIpc) is 3.27. The molecule has 5 rings (SSSR count). The highest BCUT2D eigenvalue weighted by molar-refractivity contribution is 7.07. The smallest absolute Gasteiger partial charge is 0.338 e. The molecule has 2 heterocycles. The summed E-state index contributed by atoms with van der Waals surface area (Å²) in [6, 6.07) is 16.3. The van der Waals surface area contributed by atoms with Crippen molar-refractivity contribution < 1.29 is 19.0 Å². The fourth-order valence-corrected chi connectivity index (χ4v) is 6.43. The van der Waals surface area contributed by atoms with Crippen LogP contribution in [0.2, 0.25) is 5.02 Å². The summed E-state index contributed by atoms with van der Waals surface area (Å²) in [5.41, 5.74) is 2.00. The number of rotatable bonds is 9. The number of benzene rings is 3. The number of nitrogens with zero attached hydrogens (tertiary/aromatic N) is 2. The van der Waals surface area contributed by atoms with Crippen LogP contribution in [0.25, 0.3) is 16.8 Å². The Morgan fingerprint density at radius 3 is 2.60 bits per heavy atom. The molecule has 1 aromatic heterocycles. The molecule has 42 heavy (non-hydrogen) atoms. The van der Waals surface area contributed by atoms with E-state index in [0.29, 0.717) is 49.1 Å². The number of carbonyl (C=O) groups is 1. The van der Waals surface area contributed by atoms with Crippen LogP contribution in [0, 0.1) is 0 Å². The Labute approximate surface area is 253 Å². The predicted octanol–water partition coefficient (Wildman–Crippen LogP) is 6.18. The lowest BCUT2D eigenvalue weighted by molar-refractivity contribution is -0.139. The molecule has 218 valence electrons. The number of hydrogen-bond acceptors (Lipinski definition) is 7. The molecule has 1 atom stereocenters. The predicted molar refractivity (Wildman–Crippen MR) is 167 cm³/mol. The zero-order valence-corrected chi connectivity index (χ0v) is 25.8. The molecular formula is C33H33ClN2O5S. The lowest BCUT2D eigenvalue weighted by atomic mass is 9.93. The Balaban J connectivity index is 1.84. The molecule has 4 aromatic rings. The summed E-state index contributed by atoms with van der Waals surface area (Å²) < 4.78 is 19.4. The number of halogens is 1. The fourth-order valence-electron chi connectivity index (χ4n) is 5.25. The van der Waals surface area contributed by atoms with Crippen LogP contribution in [0.15, 0.2) is 75.7 Å². The molecular weight excluding hydrogens is 572 g/mol. The Morgan fingerprint density at radius 1 is 1.12 bits per heavy atom. The Hall–Kier alpha value is -3.88. The van der Waals surface area contributed by atoms with Gasteiger partial charge in [-0.2, -0.15) is 0 Å². The van der Waals surface area contributed by atoms with Crippen LogP contribution in [0.3, 0.4) is 0 Å². The summed E-state index contributed by atoms with van der Waals surface area (Å²) in [6.45, 7) is 7.90. The van der Waals surface area contributed by atoms with Crippen LogP contribution in [-0.2, 0) is 9.53 Å². The van der Waals surface area contributed by atoms with Crippen molar-refractivity contribution in [2.24, 2.45) is 4.99 Å². The minimum atomic E-state index is -0.837. The van der Waals surface area contributed by atoms with Crippen LogP contribution in [0.5, 0.6) is 11.5 Å². The van der Waals surface area contributed by atoms with Crippen molar-refractivity contribution in [1.82, 2.24) is 4.57 Å². The van der Waals surface area contributed by atoms with Crippen molar-refractivity contribution in [3.05, 3.63) is 102 Å². The number of carbonyl (C=O) groups excluding carboxylic acids is 1. The van der Waals surface area contributed by atoms with Gasteiger partial charge < -0.3 is 14.2 Å². The number of ether oxygens (including phenoxy) is 3. The Bertz CT molecular complexity index is 1870. The van der Waals surface area contributed by atoms with Crippen LogP contribution in [-0.4, -0.2) is 30.4 Å². The van der Waals surface area contributed by atoms with E-state index >= 15 is 0 Å². The third-order valence-corrected chi connectivity index (χ3v) is 8.17. The van der Waals surface area contributed by atoms with E-state index in [2.05, 4.69) is 0 Å². The maximum atomic E-state index is 14.3. The summed E-state index contributed by atoms with van der Waals surface area (Å²) in [5, 5.41) is 2.45. The zero-order chi connectivity index (χ0) is 30.0. The lowest BCUT2D eigenvalue weighted by Crippen LogP contribution is -2.40. The van der Waals surface area contributed by atoms with Gasteiger partial charge in [0.25, 0.3) is 5.56 Å². The van der Waals surface area contributed by atoms with Crippen molar-refractivity contribution in [2.75, 3.05) is 13.7 Å². The van der Waals surface area contributed by atoms with E-state index in [-0.39, 0.29) is 18.3 Å². The van der Waals surface area contributed by atoms with Gasteiger partial charge in [0.1, 0.15) is 17.5 Å². The van der Waals surface area contributed by atoms with Gasteiger partial charge in [-0.1, -0.05) is 66.6 Å². The van der Waals surface area contributed by atoms with E-state index in [0.717, 1.165) is 22.8 Å². The molecule has 0 radical (unpaired) electrons. The summed E-state index contributed by atoms with van der Waals surface area (Å²) >= 11 is 7.74. The number of aromatic nitrogens is 1. The van der Waals surface area contributed by atoms with Crippen molar-refractivity contribution in [2.45, 2.75) is 52.7 Å². The Kier molecular flexibility index (Phi) is 8.85. The lowest BCUT2D eigenvalue weighted by Gasteiger charge is -2.27. The van der Waals surface area contributed by atoms with Crippen molar-refractivity contribution in [1.29, 1.82) is 0 Å². The number of allylic oxidation sites excluding steroid dienone is 1. The maximum absolute atomic E-state index is 14.3. The summed E-state index contributed by atoms with van der Waals surface area (Å²) in [4.78, 5) is 33.2. The van der Waals surface area contributed by atoms with Crippen LogP contribution < -0.4 is 24.4 Å². The van der Waals surface area contributed by atoms with Crippen molar-refractivity contribution >= 4 is 45.8 Å². The van der Waals surface area contributed by atoms with Crippen LogP contribution in [0.4, 0.5) is 0 Å². The molecule has 1 aliphatic heterocycles. The molecule has 3 aromatic carbocycles. The minimum absolute atomic E-state index is 0.0569. The van der Waals surface area contributed by atoms with Gasteiger partial charge in [0.15, 0.2) is 4.80 Å². The molecule has 0 saturated carbocycles. The highest BCUT2D eigenvalue weighted by atomic mass is 35.5. The molecule has 1 aliphatic rings. The maximum Gasteiger partial charge on any atom is 0.338 e. The standard InChI is InChI=1S/C33H33ClN2O5S/c1-6-10-25-29(32(38)40-7-2)30(24-17-21(34)14-16-26(24)39-5)36-31(37)28(42-33(36)35-25)18-23-22-12-9-8-11-20(22)13-15-27(23)41-19(3)4/h8-9,11-19,30H,6-7,10H2,1-5H3/b28-18+/t30-/m1/s1. The Morgan fingerprint density at radius 2 is 1.88 bits per heavy atom. The van der Waals surface area contributed by atoms with E-state index in [1.54, 1.807) is 36.8 Å². The third kappa shape index (κ3) is 5.61. The molecule has 0 aliphatic carbocycles. The molecule has 0 bridgehead atoms. The van der Waals surface area contributed by atoms with E-state index in [1.807, 2.05) is 63.2 Å². The topological polar surface area (TPSA) is 79.1 Å². The van der Waals surface area contributed by atoms with Crippen molar-refractivity contribution in [3.63, 3.8) is 0 Å². The van der Waals surface area contributed by atoms with E-state index < -0.39 is 12.0 Å². The van der Waals surface area contributed by atoms with Gasteiger partial charge in [0.05, 0.1) is 35.6 Å².